The van der Waals surface area contributed by atoms with Gasteiger partial charge in [0.15, 0.2) is 0 Å². The molecule has 17 heavy (non-hydrogen) atoms. The minimum Gasteiger partial charge on any atom is -0.396 e. The van der Waals surface area contributed by atoms with E-state index in [-0.39, 0.29) is 12.0 Å². The molecule has 0 aliphatic heterocycles. The zero-order chi connectivity index (χ0) is 13.3. The maximum Gasteiger partial charge on any atom is 0.0544 e. The fraction of sp³-hybridized carbons (Fsp3) is 1.00. The predicted molar refractivity (Wildman–Crippen MR) is 74.2 cm³/mol. The predicted octanol–water partition coefficient (Wildman–Crippen LogP) is 3.87. The molecular weight excluding hydrogens is 212 g/mol. The van der Waals surface area contributed by atoms with Gasteiger partial charge in [0, 0.05) is 12.0 Å². The van der Waals surface area contributed by atoms with E-state index in [1.165, 1.54) is 12.8 Å². The summed E-state index contributed by atoms with van der Waals surface area (Å²) in [6.45, 7) is 12.7. The number of aliphatic hydroxyl groups is 1. The van der Waals surface area contributed by atoms with Crippen molar-refractivity contribution >= 4 is 0 Å². The van der Waals surface area contributed by atoms with Crippen molar-refractivity contribution in [1.29, 1.82) is 0 Å². The molecule has 0 atom stereocenters. The van der Waals surface area contributed by atoms with Crippen LogP contribution in [0.2, 0.25) is 0 Å². The number of hydrogen-bond acceptors (Lipinski definition) is 2. The van der Waals surface area contributed by atoms with E-state index in [0.717, 1.165) is 19.4 Å². The van der Waals surface area contributed by atoms with E-state index in [4.69, 9.17) is 4.74 Å². The quantitative estimate of drug-likeness (QED) is 0.632. The summed E-state index contributed by atoms with van der Waals surface area (Å²) in [7, 11) is 0. The highest BCUT2D eigenvalue weighted by Crippen LogP contribution is 2.32. The Morgan fingerprint density at radius 2 is 1.47 bits per heavy atom. The lowest BCUT2D eigenvalue weighted by Gasteiger charge is -2.33. The van der Waals surface area contributed by atoms with E-state index in [2.05, 4.69) is 27.7 Å². The summed E-state index contributed by atoms with van der Waals surface area (Å²) in [5.74, 6) is 1.39. The largest absolute Gasteiger partial charge is 0.396 e. The van der Waals surface area contributed by atoms with Crippen LogP contribution in [-0.2, 0) is 4.74 Å². The first-order valence-electron chi connectivity index (χ1n) is 7.14. The van der Waals surface area contributed by atoms with E-state index < -0.39 is 0 Å². The molecule has 0 radical (unpaired) electrons. The molecule has 0 aromatic carbocycles. The molecule has 2 nitrogen and oxygen atoms in total. The molecule has 0 bridgehead atoms. The Hall–Kier alpha value is -0.0800. The van der Waals surface area contributed by atoms with Gasteiger partial charge in [-0.25, -0.2) is 0 Å². The Bertz CT molecular complexity index is 164. The highest BCUT2D eigenvalue weighted by Gasteiger charge is 2.29. The van der Waals surface area contributed by atoms with Gasteiger partial charge in [0.05, 0.1) is 13.2 Å². The zero-order valence-electron chi connectivity index (χ0n) is 12.5. The Balaban J connectivity index is 4.38. The van der Waals surface area contributed by atoms with E-state index in [9.17, 15) is 5.11 Å². The van der Waals surface area contributed by atoms with Crippen molar-refractivity contribution in [3.05, 3.63) is 0 Å². The Morgan fingerprint density at radius 3 is 1.76 bits per heavy atom. The third kappa shape index (κ3) is 7.77. The second-order valence-electron chi connectivity index (χ2n) is 6.16. The van der Waals surface area contributed by atoms with Crippen molar-refractivity contribution in [3.63, 3.8) is 0 Å². The van der Waals surface area contributed by atoms with Crippen molar-refractivity contribution < 1.29 is 9.84 Å². The monoisotopic (exact) mass is 244 g/mol. The first kappa shape index (κ1) is 16.9. The second-order valence-corrected chi connectivity index (χ2v) is 6.16. The zero-order valence-corrected chi connectivity index (χ0v) is 12.5. The fourth-order valence-corrected chi connectivity index (χ4v) is 1.98. The molecule has 0 aliphatic carbocycles. The molecular formula is C15H32O2. The van der Waals surface area contributed by atoms with E-state index in [1.54, 1.807) is 0 Å². The molecule has 2 heteroatoms. The summed E-state index contributed by atoms with van der Waals surface area (Å²) >= 11 is 0. The highest BCUT2D eigenvalue weighted by atomic mass is 16.5. The second kappa shape index (κ2) is 8.93. The van der Waals surface area contributed by atoms with Crippen LogP contribution in [0.25, 0.3) is 0 Å². The van der Waals surface area contributed by atoms with Gasteiger partial charge in [0.1, 0.15) is 0 Å². The van der Waals surface area contributed by atoms with Crippen molar-refractivity contribution in [2.24, 2.45) is 17.3 Å². The lowest BCUT2D eigenvalue weighted by atomic mass is 9.77. The fourth-order valence-electron chi connectivity index (χ4n) is 1.98. The van der Waals surface area contributed by atoms with Gasteiger partial charge in [-0.1, -0.05) is 40.5 Å². The van der Waals surface area contributed by atoms with Gasteiger partial charge >= 0.3 is 0 Å². The molecule has 0 heterocycles. The van der Waals surface area contributed by atoms with Gasteiger partial charge in [0.2, 0.25) is 0 Å². The van der Waals surface area contributed by atoms with Gasteiger partial charge in [0.25, 0.3) is 0 Å². The molecule has 0 aliphatic rings. The van der Waals surface area contributed by atoms with Gasteiger partial charge < -0.3 is 9.84 Å². The van der Waals surface area contributed by atoms with Crippen LogP contribution in [0.3, 0.4) is 0 Å². The molecule has 0 aromatic rings. The minimum atomic E-state index is -0.00937. The normalized spacial score (nSPS) is 12.7. The smallest absolute Gasteiger partial charge is 0.0544 e. The molecule has 0 saturated carbocycles. The van der Waals surface area contributed by atoms with Gasteiger partial charge in [-0.3, -0.25) is 0 Å². The van der Waals surface area contributed by atoms with Crippen LogP contribution in [0.5, 0.6) is 0 Å². The highest BCUT2D eigenvalue weighted by molar-refractivity contribution is 4.79. The Kier molecular flexibility index (Phi) is 8.89. The van der Waals surface area contributed by atoms with Gasteiger partial charge in [-0.2, -0.15) is 0 Å². The summed E-state index contributed by atoms with van der Waals surface area (Å²) in [5.41, 5.74) is -0.00937. The van der Waals surface area contributed by atoms with Crippen molar-refractivity contribution in [1.82, 2.24) is 0 Å². The lowest BCUT2D eigenvalue weighted by Crippen LogP contribution is -2.32. The topological polar surface area (TPSA) is 29.5 Å². The number of rotatable bonds is 10. The number of hydrogen-bond donors (Lipinski definition) is 1. The van der Waals surface area contributed by atoms with E-state index >= 15 is 0 Å². The van der Waals surface area contributed by atoms with Crippen molar-refractivity contribution in [2.45, 2.75) is 60.3 Å². The minimum absolute atomic E-state index is 0.00937. The molecule has 0 rings (SSSR count). The molecule has 0 unspecified atom stereocenters. The van der Waals surface area contributed by atoms with E-state index in [1.807, 2.05) is 6.92 Å². The molecule has 0 spiro atoms. The number of ether oxygens (including phenoxy) is 1. The van der Waals surface area contributed by atoms with Crippen LogP contribution < -0.4 is 0 Å². The van der Waals surface area contributed by atoms with Crippen molar-refractivity contribution in [3.8, 4) is 0 Å². The van der Waals surface area contributed by atoms with Crippen molar-refractivity contribution in [2.75, 3.05) is 19.8 Å². The SMILES string of the molecule is CCOCC(CO)(CCC(C)C)CCC(C)C. The molecule has 0 saturated heterocycles. The maximum atomic E-state index is 9.75. The first-order chi connectivity index (χ1) is 7.95. The molecule has 104 valence electrons. The lowest BCUT2D eigenvalue weighted by molar-refractivity contribution is -0.00625. The summed E-state index contributed by atoms with van der Waals surface area (Å²) in [6.07, 6.45) is 4.50. The van der Waals surface area contributed by atoms with Gasteiger partial charge in [-0.15, -0.1) is 0 Å². The third-order valence-electron chi connectivity index (χ3n) is 3.45. The Morgan fingerprint density at radius 1 is 1.00 bits per heavy atom. The summed E-state index contributed by atoms with van der Waals surface area (Å²) < 4.78 is 5.59. The molecule has 0 aromatic heterocycles. The van der Waals surface area contributed by atoms with Crippen LogP contribution in [0.15, 0.2) is 0 Å². The van der Waals surface area contributed by atoms with E-state index in [0.29, 0.717) is 18.4 Å². The average Bonchev–Trinajstić information content (AvgIpc) is 2.28. The molecule has 0 amide bonds. The van der Waals surface area contributed by atoms with Crippen LogP contribution in [0, 0.1) is 17.3 Å². The first-order valence-corrected chi connectivity index (χ1v) is 7.14. The van der Waals surface area contributed by atoms with Crippen LogP contribution >= 0.6 is 0 Å². The average molecular weight is 244 g/mol. The standard InChI is InChI=1S/C15H32O2/c1-6-17-12-15(11-16,9-7-13(2)3)10-8-14(4)5/h13-14,16H,6-12H2,1-5H3. The summed E-state index contributed by atoms with van der Waals surface area (Å²) in [4.78, 5) is 0. The van der Waals surface area contributed by atoms with Crippen LogP contribution in [-0.4, -0.2) is 24.9 Å². The molecule has 0 fully saturated rings. The summed E-state index contributed by atoms with van der Waals surface area (Å²) in [5, 5.41) is 9.75. The van der Waals surface area contributed by atoms with Gasteiger partial charge in [-0.05, 0) is 31.6 Å². The summed E-state index contributed by atoms with van der Waals surface area (Å²) in [6, 6.07) is 0. The van der Waals surface area contributed by atoms with Crippen LogP contribution in [0.4, 0.5) is 0 Å². The maximum absolute atomic E-state index is 9.75. The molecule has 1 N–H and O–H groups in total. The van der Waals surface area contributed by atoms with Crippen LogP contribution in [0.1, 0.15) is 60.3 Å². The number of aliphatic hydroxyl groups excluding tert-OH is 1. The Labute approximate surface area is 108 Å². The third-order valence-corrected chi connectivity index (χ3v) is 3.45.